The summed E-state index contributed by atoms with van der Waals surface area (Å²) in [6.07, 6.45) is 15.0. The van der Waals surface area contributed by atoms with E-state index >= 15 is 0 Å². The molecule has 0 aliphatic heterocycles. The van der Waals surface area contributed by atoms with Crippen LogP contribution in [0.1, 0.15) is 0 Å². The molecule has 0 spiro atoms. The van der Waals surface area contributed by atoms with Gasteiger partial charge in [-0.2, -0.15) is 0 Å². The van der Waals surface area contributed by atoms with E-state index in [0.717, 1.165) is 155 Å². The molecule has 17 rings (SSSR count). The van der Waals surface area contributed by atoms with E-state index in [2.05, 4.69) is 250 Å². The Hall–Kier alpha value is -12.3. The van der Waals surface area contributed by atoms with Gasteiger partial charge >= 0.3 is 0 Å². The van der Waals surface area contributed by atoms with E-state index in [0.29, 0.717) is 0 Å². The normalized spacial score (nSPS) is 11.6. The van der Waals surface area contributed by atoms with Gasteiger partial charge in [0.05, 0.1) is 44.8 Å². The lowest BCUT2D eigenvalue weighted by Gasteiger charge is -2.17. The number of pyridine rings is 8. The molecule has 0 bridgehead atoms. The molecular weight excluding hydrogens is 1100 g/mol. The van der Waals surface area contributed by atoms with Gasteiger partial charge in [0.15, 0.2) is 0 Å². The SMILES string of the molecule is c1cc(-c2cc(-c3cccnc3)c3ccc4c(-c5cccnc5)cc(-c5ccccc5-c5ccc6ccccc6c5)nc4c3n2)cc(-c2cc(-c3cccnc3)c3ccc4c(-c5cccnc5)cc(-c5ccccc5-c5ccc6ccccc6c5)nc4c3n2)c1. The zero-order valence-corrected chi connectivity index (χ0v) is 48.4. The maximum atomic E-state index is 5.71. The van der Waals surface area contributed by atoms with Gasteiger partial charge in [-0.25, -0.2) is 19.9 Å². The van der Waals surface area contributed by atoms with E-state index in [1.54, 1.807) is 0 Å². The average Bonchev–Trinajstić information content (AvgIpc) is 0.867. The van der Waals surface area contributed by atoms with Crippen molar-refractivity contribution in [3.05, 3.63) is 304 Å². The largest absolute Gasteiger partial charge is 0.264 e. The van der Waals surface area contributed by atoms with E-state index in [1.165, 1.54) is 21.5 Å². The molecule has 418 valence electrons. The smallest absolute Gasteiger partial charge is 0.0978 e. The van der Waals surface area contributed by atoms with Gasteiger partial charge in [-0.1, -0.05) is 188 Å². The molecule has 0 aliphatic rings. The van der Waals surface area contributed by atoms with Gasteiger partial charge in [0.25, 0.3) is 0 Å². The van der Waals surface area contributed by atoms with Crippen LogP contribution >= 0.6 is 0 Å². The Bertz CT molecular complexity index is 5320. The first-order valence-electron chi connectivity index (χ1n) is 30.1. The first-order valence-corrected chi connectivity index (χ1v) is 30.1. The monoisotopic (exact) mass is 1150 g/mol. The van der Waals surface area contributed by atoms with Crippen molar-refractivity contribution in [1.82, 2.24) is 39.9 Å². The molecule has 0 amide bonds. The number of rotatable bonds is 10. The highest BCUT2D eigenvalue weighted by molar-refractivity contribution is 6.15. The highest BCUT2D eigenvalue weighted by Gasteiger charge is 2.22. The second-order valence-electron chi connectivity index (χ2n) is 22.7. The van der Waals surface area contributed by atoms with Crippen molar-refractivity contribution < 1.29 is 0 Å². The van der Waals surface area contributed by atoms with Crippen LogP contribution in [0.25, 0.3) is 177 Å². The highest BCUT2D eigenvalue weighted by atomic mass is 14.8. The minimum atomic E-state index is 0.770. The molecule has 0 unspecified atom stereocenters. The van der Waals surface area contributed by atoms with Crippen LogP contribution in [0.2, 0.25) is 0 Å². The predicted molar refractivity (Wildman–Crippen MR) is 368 cm³/mol. The van der Waals surface area contributed by atoms with Crippen LogP contribution in [-0.4, -0.2) is 39.9 Å². The molecular formula is C82H50N8. The summed E-state index contributed by atoms with van der Waals surface area (Å²) in [5.74, 6) is 0. The standard InChI is InChI=1S/C82H50N8/c1-3-16-53-40-55(30-28-51(53)14-1)63-24-5-7-26-65(63)77-45-73(61-22-12-38-85-49-61)69-34-32-67-71(59-20-10-36-83-47-59)43-75(87-79(67)81(69)89-77)57-18-9-19-58(42-57)76-44-72(60-21-11-37-84-48-60)68-33-35-70-74(62-23-13-39-86-50-62)46-78(90-82(70)80(68)88-76)66-27-8-6-25-64(66)56-31-29-52-15-2-4-17-54(52)41-56/h1-50H. The molecule has 9 aromatic carbocycles. The Kier molecular flexibility index (Phi) is 12.7. The molecule has 0 saturated heterocycles. The fourth-order valence-corrected chi connectivity index (χ4v) is 13.0. The average molecular weight is 1150 g/mol. The molecule has 8 aromatic heterocycles. The quantitative estimate of drug-likeness (QED) is 0.125. The van der Waals surface area contributed by atoms with Crippen molar-refractivity contribution in [3.63, 3.8) is 0 Å². The Labute approximate surface area is 518 Å². The van der Waals surface area contributed by atoms with Crippen molar-refractivity contribution in [2.75, 3.05) is 0 Å². The Morgan fingerprint density at radius 2 is 0.489 bits per heavy atom. The fraction of sp³-hybridized carbons (Fsp3) is 0. The third kappa shape index (κ3) is 9.26. The van der Waals surface area contributed by atoms with Crippen LogP contribution in [0.15, 0.2) is 304 Å². The van der Waals surface area contributed by atoms with Gasteiger partial charge in [0, 0.05) is 116 Å². The summed E-state index contributed by atoms with van der Waals surface area (Å²) >= 11 is 0. The lowest BCUT2D eigenvalue weighted by Crippen LogP contribution is -1.97. The van der Waals surface area contributed by atoms with Gasteiger partial charge < -0.3 is 0 Å². The molecule has 0 saturated carbocycles. The van der Waals surface area contributed by atoms with Crippen LogP contribution in [0.4, 0.5) is 0 Å². The summed E-state index contributed by atoms with van der Waals surface area (Å²) in [6.45, 7) is 0. The van der Waals surface area contributed by atoms with E-state index in [9.17, 15) is 0 Å². The number of benzene rings is 9. The van der Waals surface area contributed by atoms with E-state index in [-0.39, 0.29) is 0 Å². The number of nitrogens with zero attached hydrogens (tertiary/aromatic N) is 8. The molecule has 8 heterocycles. The number of aromatic nitrogens is 8. The number of hydrogen-bond donors (Lipinski definition) is 0. The van der Waals surface area contributed by atoms with Crippen LogP contribution in [0.3, 0.4) is 0 Å². The first kappa shape index (κ1) is 52.1. The van der Waals surface area contributed by atoms with Gasteiger partial charge in [0.2, 0.25) is 0 Å². The third-order valence-corrected chi connectivity index (χ3v) is 17.4. The molecule has 0 atom stereocenters. The minimum Gasteiger partial charge on any atom is -0.264 e. The van der Waals surface area contributed by atoms with Crippen molar-refractivity contribution in [2.45, 2.75) is 0 Å². The zero-order chi connectivity index (χ0) is 59.5. The Balaban J connectivity index is 0.879. The molecule has 0 radical (unpaired) electrons. The van der Waals surface area contributed by atoms with E-state index < -0.39 is 0 Å². The molecule has 17 aromatic rings. The second kappa shape index (κ2) is 21.9. The summed E-state index contributed by atoms with van der Waals surface area (Å²) < 4.78 is 0. The second-order valence-corrected chi connectivity index (χ2v) is 22.7. The van der Waals surface area contributed by atoms with Crippen LogP contribution in [0.5, 0.6) is 0 Å². The molecule has 8 nitrogen and oxygen atoms in total. The van der Waals surface area contributed by atoms with E-state index in [1.807, 2.05) is 73.8 Å². The molecule has 0 fully saturated rings. The number of hydrogen-bond acceptors (Lipinski definition) is 8. The first-order chi connectivity index (χ1) is 44.6. The van der Waals surface area contributed by atoms with Gasteiger partial charge in [-0.15, -0.1) is 0 Å². The molecule has 0 aliphatic carbocycles. The summed E-state index contributed by atoms with van der Waals surface area (Å²) in [4.78, 5) is 41.3. The van der Waals surface area contributed by atoms with E-state index in [4.69, 9.17) is 19.9 Å². The maximum Gasteiger partial charge on any atom is 0.0978 e. The predicted octanol–water partition coefficient (Wildman–Crippen LogP) is 20.4. The van der Waals surface area contributed by atoms with Gasteiger partial charge in [0.1, 0.15) is 0 Å². The summed E-state index contributed by atoms with van der Waals surface area (Å²) in [6, 6.07) is 90.0. The van der Waals surface area contributed by atoms with Crippen LogP contribution in [0, 0.1) is 0 Å². The van der Waals surface area contributed by atoms with Crippen LogP contribution in [-0.2, 0) is 0 Å². The van der Waals surface area contributed by atoms with Crippen LogP contribution < -0.4 is 0 Å². The van der Waals surface area contributed by atoms with Crippen molar-refractivity contribution in [3.8, 4) is 112 Å². The van der Waals surface area contributed by atoms with Crippen molar-refractivity contribution >= 4 is 65.2 Å². The lowest BCUT2D eigenvalue weighted by molar-refractivity contribution is 1.32. The molecule has 0 N–H and O–H groups in total. The lowest BCUT2D eigenvalue weighted by atomic mass is 9.92. The Morgan fingerprint density at radius 1 is 0.178 bits per heavy atom. The van der Waals surface area contributed by atoms with Gasteiger partial charge in [-0.3, -0.25) is 19.9 Å². The van der Waals surface area contributed by atoms with Gasteiger partial charge in [-0.05, 0) is 133 Å². The fourth-order valence-electron chi connectivity index (χ4n) is 13.0. The molecule has 90 heavy (non-hydrogen) atoms. The highest BCUT2D eigenvalue weighted by Crippen LogP contribution is 2.45. The molecule has 8 heteroatoms. The van der Waals surface area contributed by atoms with Crippen molar-refractivity contribution in [2.24, 2.45) is 0 Å². The topological polar surface area (TPSA) is 103 Å². The summed E-state index contributed by atoms with van der Waals surface area (Å²) in [7, 11) is 0. The number of fused-ring (bicyclic) bond motifs is 8. The third-order valence-electron chi connectivity index (χ3n) is 17.4. The Morgan fingerprint density at radius 3 is 0.844 bits per heavy atom. The zero-order valence-electron chi connectivity index (χ0n) is 48.4. The minimum absolute atomic E-state index is 0.770. The van der Waals surface area contributed by atoms with Crippen molar-refractivity contribution in [1.29, 1.82) is 0 Å². The maximum absolute atomic E-state index is 5.71. The summed E-state index contributed by atoms with van der Waals surface area (Å²) in [5, 5.41) is 8.60. The summed E-state index contributed by atoms with van der Waals surface area (Å²) in [5.41, 5.74) is 22.5.